The van der Waals surface area contributed by atoms with Gasteiger partial charge in [0.2, 0.25) is 5.91 Å². The predicted octanol–water partition coefficient (Wildman–Crippen LogP) is 3.27. The normalized spacial score (nSPS) is 15.9. The number of carbonyl (C=O) groups is 3. The van der Waals surface area contributed by atoms with E-state index in [1.165, 1.54) is 0 Å². The highest BCUT2D eigenvalue weighted by Crippen LogP contribution is 2.29. The Hall–Kier alpha value is -4.17. The highest BCUT2D eigenvalue weighted by molar-refractivity contribution is 6.00. The first-order chi connectivity index (χ1) is 19.1. The summed E-state index contributed by atoms with van der Waals surface area (Å²) in [5.74, 6) is -0.132. The van der Waals surface area contributed by atoms with Gasteiger partial charge in [-0.25, -0.2) is 0 Å². The molecule has 2 heterocycles. The van der Waals surface area contributed by atoms with E-state index in [0.29, 0.717) is 49.5 Å². The van der Waals surface area contributed by atoms with E-state index in [1.807, 2.05) is 82.6 Å². The van der Waals surface area contributed by atoms with Gasteiger partial charge in [0.25, 0.3) is 11.8 Å². The molecule has 202 valence electrons. The fraction of sp³-hybridized carbons (Fsp3) is 0.323. The van der Waals surface area contributed by atoms with Crippen LogP contribution in [0, 0.1) is 0 Å². The maximum Gasteiger partial charge on any atom is 0.254 e. The lowest BCUT2D eigenvalue weighted by Crippen LogP contribution is -2.46. The molecule has 2 fully saturated rings. The lowest BCUT2D eigenvalue weighted by atomic mass is 10.1. The molecule has 2 aliphatic rings. The molecule has 0 radical (unpaired) electrons. The summed E-state index contributed by atoms with van der Waals surface area (Å²) < 4.78 is 0. The van der Waals surface area contributed by atoms with Crippen LogP contribution < -0.4 is 15.5 Å². The minimum Gasteiger partial charge on any atom is -0.368 e. The molecule has 0 spiro atoms. The summed E-state index contributed by atoms with van der Waals surface area (Å²) in [6.45, 7) is 5.48. The number of piperazine rings is 1. The standard InChI is InChI=1S/C31H35N5O3/c37-29(22-24-8-3-1-4-9-24)33-27-23-26(31(39)36-18-14-32-15-19-36)12-13-28(27)34-16-7-17-35(21-20-34)30(38)25-10-5-2-6-11-25/h1-6,8-13,23,32H,7,14-22H2,(H,33,37). The van der Waals surface area contributed by atoms with Gasteiger partial charge < -0.3 is 25.3 Å². The largest absolute Gasteiger partial charge is 0.368 e. The molecule has 3 aromatic rings. The molecular formula is C31H35N5O3. The van der Waals surface area contributed by atoms with Crippen LogP contribution in [-0.2, 0) is 11.2 Å². The van der Waals surface area contributed by atoms with Crippen LogP contribution in [0.5, 0.6) is 0 Å². The zero-order chi connectivity index (χ0) is 27.0. The van der Waals surface area contributed by atoms with Crippen molar-refractivity contribution in [1.29, 1.82) is 0 Å². The molecular weight excluding hydrogens is 490 g/mol. The van der Waals surface area contributed by atoms with E-state index < -0.39 is 0 Å². The van der Waals surface area contributed by atoms with Crippen molar-refractivity contribution in [3.8, 4) is 0 Å². The Morgan fingerprint density at radius 2 is 1.36 bits per heavy atom. The summed E-state index contributed by atoms with van der Waals surface area (Å²) in [6, 6.07) is 24.6. The van der Waals surface area contributed by atoms with Crippen LogP contribution in [0.15, 0.2) is 78.9 Å². The van der Waals surface area contributed by atoms with Gasteiger partial charge in [0.15, 0.2) is 0 Å². The molecule has 5 rings (SSSR count). The Bertz CT molecular complexity index is 1290. The van der Waals surface area contributed by atoms with Crippen molar-refractivity contribution in [2.24, 2.45) is 0 Å². The van der Waals surface area contributed by atoms with Gasteiger partial charge in [0, 0.05) is 63.5 Å². The van der Waals surface area contributed by atoms with E-state index in [0.717, 1.165) is 37.3 Å². The number of anilines is 2. The Morgan fingerprint density at radius 3 is 2.10 bits per heavy atom. The highest BCUT2D eigenvalue weighted by Gasteiger charge is 2.24. The zero-order valence-electron chi connectivity index (χ0n) is 22.1. The summed E-state index contributed by atoms with van der Waals surface area (Å²) in [4.78, 5) is 45.3. The quantitative estimate of drug-likeness (QED) is 0.516. The van der Waals surface area contributed by atoms with Crippen molar-refractivity contribution in [1.82, 2.24) is 15.1 Å². The number of nitrogens with one attached hydrogen (secondary N) is 2. The average molecular weight is 526 g/mol. The number of nitrogens with zero attached hydrogens (tertiary/aromatic N) is 3. The molecule has 0 saturated carbocycles. The first-order valence-electron chi connectivity index (χ1n) is 13.7. The first kappa shape index (κ1) is 26.4. The third-order valence-electron chi connectivity index (χ3n) is 7.27. The monoisotopic (exact) mass is 525 g/mol. The number of amides is 3. The topological polar surface area (TPSA) is 85.0 Å². The van der Waals surface area contributed by atoms with Crippen molar-refractivity contribution in [3.63, 3.8) is 0 Å². The van der Waals surface area contributed by atoms with Gasteiger partial charge in [-0.1, -0.05) is 48.5 Å². The number of carbonyl (C=O) groups excluding carboxylic acids is 3. The molecule has 2 aliphatic heterocycles. The summed E-state index contributed by atoms with van der Waals surface area (Å²) in [7, 11) is 0. The maximum atomic E-state index is 13.3. The Morgan fingerprint density at radius 1 is 0.692 bits per heavy atom. The van der Waals surface area contributed by atoms with Crippen LogP contribution in [0.3, 0.4) is 0 Å². The molecule has 0 atom stereocenters. The van der Waals surface area contributed by atoms with E-state index in [1.54, 1.807) is 6.07 Å². The molecule has 8 nitrogen and oxygen atoms in total. The van der Waals surface area contributed by atoms with Crippen LogP contribution >= 0.6 is 0 Å². The summed E-state index contributed by atoms with van der Waals surface area (Å²) in [5, 5.41) is 6.37. The number of hydrogen-bond donors (Lipinski definition) is 2. The van der Waals surface area contributed by atoms with Crippen LogP contribution in [0.25, 0.3) is 0 Å². The molecule has 3 aromatic carbocycles. The Kier molecular flexibility index (Phi) is 8.53. The van der Waals surface area contributed by atoms with Gasteiger partial charge in [-0.2, -0.15) is 0 Å². The van der Waals surface area contributed by atoms with Crippen LogP contribution in [0.1, 0.15) is 32.7 Å². The molecule has 2 saturated heterocycles. The number of rotatable bonds is 6. The van der Waals surface area contributed by atoms with Crippen molar-refractivity contribution < 1.29 is 14.4 Å². The zero-order valence-corrected chi connectivity index (χ0v) is 22.1. The van der Waals surface area contributed by atoms with Gasteiger partial charge in [-0.05, 0) is 42.3 Å². The van der Waals surface area contributed by atoms with Gasteiger partial charge >= 0.3 is 0 Å². The van der Waals surface area contributed by atoms with E-state index in [-0.39, 0.29) is 24.1 Å². The first-order valence-corrected chi connectivity index (χ1v) is 13.7. The third-order valence-corrected chi connectivity index (χ3v) is 7.27. The molecule has 3 amide bonds. The minimum absolute atomic E-state index is 0.0305. The van der Waals surface area contributed by atoms with Gasteiger partial charge in [0.1, 0.15) is 0 Å². The van der Waals surface area contributed by atoms with Crippen molar-refractivity contribution in [3.05, 3.63) is 95.6 Å². The number of benzene rings is 3. The van der Waals surface area contributed by atoms with E-state index in [2.05, 4.69) is 15.5 Å². The summed E-state index contributed by atoms with van der Waals surface area (Å²) >= 11 is 0. The molecule has 2 N–H and O–H groups in total. The lowest BCUT2D eigenvalue weighted by Gasteiger charge is -2.29. The molecule has 0 unspecified atom stereocenters. The average Bonchev–Trinajstić information content (AvgIpc) is 3.24. The molecule has 39 heavy (non-hydrogen) atoms. The second-order valence-corrected chi connectivity index (χ2v) is 9.98. The maximum absolute atomic E-state index is 13.3. The Labute approximate surface area is 229 Å². The fourth-order valence-corrected chi connectivity index (χ4v) is 5.20. The van der Waals surface area contributed by atoms with E-state index in [4.69, 9.17) is 0 Å². The lowest BCUT2D eigenvalue weighted by molar-refractivity contribution is -0.115. The summed E-state index contributed by atoms with van der Waals surface area (Å²) in [6.07, 6.45) is 1.05. The highest BCUT2D eigenvalue weighted by atomic mass is 16.2. The van der Waals surface area contributed by atoms with Crippen LogP contribution in [0.2, 0.25) is 0 Å². The SMILES string of the molecule is O=C(Cc1ccccc1)Nc1cc(C(=O)N2CCNCC2)ccc1N1CCCN(C(=O)c2ccccc2)CC1. The molecule has 8 heteroatoms. The smallest absolute Gasteiger partial charge is 0.254 e. The van der Waals surface area contributed by atoms with E-state index in [9.17, 15) is 14.4 Å². The second kappa shape index (κ2) is 12.6. The third kappa shape index (κ3) is 6.64. The fourth-order valence-electron chi connectivity index (χ4n) is 5.20. The molecule has 0 bridgehead atoms. The number of hydrogen-bond acceptors (Lipinski definition) is 5. The predicted molar refractivity (Wildman–Crippen MR) is 153 cm³/mol. The van der Waals surface area contributed by atoms with Crippen LogP contribution in [-0.4, -0.2) is 79.9 Å². The minimum atomic E-state index is -0.134. The van der Waals surface area contributed by atoms with Gasteiger partial charge in [0.05, 0.1) is 17.8 Å². The Balaban J connectivity index is 1.36. The van der Waals surface area contributed by atoms with Crippen molar-refractivity contribution >= 4 is 29.1 Å². The molecule has 0 aromatic heterocycles. The van der Waals surface area contributed by atoms with E-state index >= 15 is 0 Å². The summed E-state index contributed by atoms with van der Waals surface area (Å²) in [5.41, 5.74) is 3.67. The van der Waals surface area contributed by atoms with Crippen molar-refractivity contribution in [2.75, 3.05) is 62.6 Å². The van der Waals surface area contributed by atoms with Crippen molar-refractivity contribution in [2.45, 2.75) is 12.8 Å². The second-order valence-electron chi connectivity index (χ2n) is 9.98. The van der Waals surface area contributed by atoms with Gasteiger partial charge in [-0.3, -0.25) is 14.4 Å². The molecule has 0 aliphatic carbocycles. The van der Waals surface area contributed by atoms with Gasteiger partial charge in [-0.15, -0.1) is 0 Å². The van der Waals surface area contributed by atoms with Crippen LogP contribution in [0.4, 0.5) is 11.4 Å².